The first kappa shape index (κ1) is 38.7. The van der Waals surface area contributed by atoms with Crippen molar-refractivity contribution in [1.29, 1.82) is 0 Å². The molecule has 2 unspecified atom stereocenters. The van der Waals surface area contributed by atoms with E-state index in [2.05, 4.69) is 71.9 Å². The molecule has 0 aliphatic rings. The highest BCUT2D eigenvalue weighted by Gasteiger charge is 2.07. The summed E-state index contributed by atoms with van der Waals surface area (Å²) in [5.41, 5.74) is 1.36. The number of ether oxygens (including phenoxy) is 1. The molecule has 0 saturated heterocycles. The Balaban J connectivity index is 3.61. The fraction of sp³-hybridized carbons (Fsp3) is 0.816. The second kappa shape index (κ2) is 29.2. The fourth-order valence-corrected chi connectivity index (χ4v) is 5.24. The van der Waals surface area contributed by atoms with Crippen LogP contribution in [0.2, 0.25) is 0 Å². The number of carbonyl (C=O) groups is 1. The van der Waals surface area contributed by atoms with E-state index in [1.54, 1.807) is 0 Å². The van der Waals surface area contributed by atoms with E-state index in [0.717, 1.165) is 43.4 Å². The second-order valence-electron chi connectivity index (χ2n) is 13.1. The van der Waals surface area contributed by atoms with Gasteiger partial charge in [-0.3, -0.25) is 4.79 Å². The summed E-state index contributed by atoms with van der Waals surface area (Å²) in [7, 11) is 0. The molecule has 0 aliphatic heterocycles. The minimum atomic E-state index is -0.0400. The Morgan fingerprint density at radius 2 is 1.18 bits per heavy atom. The van der Waals surface area contributed by atoms with E-state index in [1.807, 2.05) is 0 Å². The maximum absolute atomic E-state index is 12.0. The third kappa shape index (κ3) is 29.7. The van der Waals surface area contributed by atoms with E-state index in [-0.39, 0.29) is 5.97 Å². The van der Waals surface area contributed by atoms with Crippen molar-refractivity contribution in [3.63, 3.8) is 0 Å². The normalized spacial score (nSPS) is 14.0. The molecule has 0 aromatic heterocycles. The molecule has 40 heavy (non-hydrogen) atoms. The molecule has 2 heteroatoms. The van der Waals surface area contributed by atoms with Gasteiger partial charge in [0.15, 0.2) is 0 Å². The lowest BCUT2D eigenvalue weighted by Crippen LogP contribution is -2.04. The fourth-order valence-electron chi connectivity index (χ4n) is 5.24. The van der Waals surface area contributed by atoms with Crippen molar-refractivity contribution in [2.24, 2.45) is 17.8 Å². The van der Waals surface area contributed by atoms with Crippen molar-refractivity contribution in [3.8, 4) is 0 Å². The maximum atomic E-state index is 12.0. The average molecular weight is 559 g/mol. The standard InChI is InChI=1S/C38H70O2/c1-7-8-9-10-11-12-13-14-15-16-17-18-19-20-21-31-38(39)40-33-32-37(6)30-24-29-36(5)28-23-27-35(4)26-22-25-34(2)3/h11-12,14-15,32,34-36H,7-10,13,16-31,33H2,1-6H3. The molecular weight excluding hydrogens is 488 g/mol. The molecule has 0 radical (unpaired) electrons. The molecule has 0 heterocycles. The minimum Gasteiger partial charge on any atom is -0.461 e. The first-order valence-electron chi connectivity index (χ1n) is 17.5. The SMILES string of the molecule is CCCCCC=CCC=CCCCCCCCC(=O)OCC=C(C)CCCC(C)CCCC(C)CCCC(C)C. The van der Waals surface area contributed by atoms with Crippen LogP contribution >= 0.6 is 0 Å². The monoisotopic (exact) mass is 559 g/mol. The summed E-state index contributed by atoms with van der Waals surface area (Å²) in [5.74, 6) is 2.51. The number of unbranched alkanes of at least 4 members (excludes halogenated alkanes) is 8. The van der Waals surface area contributed by atoms with Crippen LogP contribution in [0.5, 0.6) is 0 Å². The van der Waals surface area contributed by atoms with Gasteiger partial charge >= 0.3 is 5.97 Å². The van der Waals surface area contributed by atoms with Crippen molar-refractivity contribution in [3.05, 3.63) is 36.0 Å². The third-order valence-corrected chi connectivity index (χ3v) is 8.15. The van der Waals surface area contributed by atoms with Crippen molar-refractivity contribution in [1.82, 2.24) is 0 Å². The zero-order valence-electron chi connectivity index (χ0n) is 28.0. The largest absolute Gasteiger partial charge is 0.461 e. The second-order valence-corrected chi connectivity index (χ2v) is 13.1. The van der Waals surface area contributed by atoms with Gasteiger partial charge in [-0.2, -0.15) is 0 Å². The summed E-state index contributed by atoms with van der Waals surface area (Å²) in [6.07, 6.45) is 37.1. The highest BCUT2D eigenvalue weighted by atomic mass is 16.5. The molecule has 0 spiro atoms. The Labute approximate surface area is 251 Å². The van der Waals surface area contributed by atoms with Crippen LogP contribution in [0.15, 0.2) is 36.0 Å². The van der Waals surface area contributed by atoms with Gasteiger partial charge in [0, 0.05) is 6.42 Å². The van der Waals surface area contributed by atoms with E-state index in [1.165, 1.54) is 108 Å². The molecule has 234 valence electrons. The summed E-state index contributed by atoms with van der Waals surface area (Å²) in [5, 5.41) is 0. The molecule has 2 atom stereocenters. The van der Waals surface area contributed by atoms with Crippen LogP contribution in [0.25, 0.3) is 0 Å². The Morgan fingerprint density at radius 1 is 0.625 bits per heavy atom. The Kier molecular flexibility index (Phi) is 28.2. The van der Waals surface area contributed by atoms with Gasteiger partial charge in [0.2, 0.25) is 0 Å². The van der Waals surface area contributed by atoms with Gasteiger partial charge in [-0.05, 0) is 82.1 Å². The summed E-state index contributed by atoms with van der Waals surface area (Å²) in [6.45, 7) is 14.4. The lowest BCUT2D eigenvalue weighted by atomic mass is 9.91. The number of esters is 1. The molecular formula is C38H70O2. The molecule has 0 aromatic rings. The Hall–Kier alpha value is -1.31. The highest BCUT2D eigenvalue weighted by molar-refractivity contribution is 5.69. The van der Waals surface area contributed by atoms with Gasteiger partial charge in [0.05, 0.1) is 0 Å². The van der Waals surface area contributed by atoms with Crippen molar-refractivity contribution >= 4 is 5.97 Å². The van der Waals surface area contributed by atoms with E-state index in [0.29, 0.717) is 13.0 Å². The molecule has 0 aliphatic carbocycles. The van der Waals surface area contributed by atoms with Crippen LogP contribution in [0, 0.1) is 17.8 Å². The molecule has 0 aromatic carbocycles. The first-order chi connectivity index (χ1) is 19.3. The van der Waals surface area contributed by atoms with Crippen LogP contribution in [-0.2, 0) is 9.53 Å². The van der Waals surface area contributed by atoms with Crippen LogP contribution in [0.1, 0.15) is 176 Å². The lowest BCUT2D eigenvalue weighted by molar-refractivity contribution is -0.142. The van der Waals surface area contributed by atoms with Crippen LogP contribution in [0.3, 0.4) is 0 Å². The molecule has 0 saturated carbocycles. The van der Waals surface area contributed by atoms with E-state index >= 15 is 0 Å². The molecule has 2 nitrogen and oxygen atoms in total. The quantitative estimate of drug-likeness (QED) is 0.0542. The van der Waals surface area contributed by atoms with Gasteiger partial charge in [0.25, 0.3) is 0 Å². The highest BCUT2D eigenvalue weighted by Crippen LogP contribution is 2.22. The first-order valence-corrected chi connectivity index (χ1v) is 17.5. The maximum Gasteiger partial charge on any atom is 0.306 e. The summed E-state index contributed by atoms with van der Waals surface area (Å²) in [6, 6.07) is 0. The zero-order valence-corrected chi connectivity index (χ0v) is 28.0. The zero-order chi connectivity index (χ0) is 29.7. The smallest absolute Gasteiger partial charge is 0.306 e. The van der Waals surface area contributed by atoms with E-state index < -0.39 is 0 Å². The summed E-state index contributed by atoms with van der Waals surface area (Å²) in [4.78, 5) is 12.0. The van der Waals surface area contributed by atoms with Crippen LogP contribution in [-0.4, -0.2) is 12.6 Å². The van der Waals surface area contributed by atoms with Crippen molar-refractivity contribution in [2.45, 2.75) is 176 Å². The predicted octanol–water partition coefficient (Wildman–Crippen LogP) is 12.7. The molecule has 0 rings (SSSR count). The average Bonchev–Trinajstić information content (AvgIpc) is 2.90. The van der Waals surface area contributed by atoms with Gasteiger partial charge in [-0.1, -0.05) is 142 Å². The topological polar surface area (TPSA) is 26.3 Å². The van der Waals surface area contributed by atoms with Crippen LogP contribution in [0.4, 0.5) is 0 Å². The molecule has 0 fully saturated rings. The van der Waals surface area contributed by atoms with E-state index in [4.69, 9.17) is 4.74 Å². The van der Waals surface area contributed by atoms with Crippen molar-refractivity contribution < 1.29 is 9.53 Å². The molecule has 0 bridgehead atoms. The minimum absolute atomic E-state index is 0.0400. The number of hydrogen-bond donors (Lipinski definition) is 0. The predicted molar refractivity (Wildman–Crippen MR) is 179 cm³/mol. The van der Waals surface area contributed by atoms with E-state index in [9.17, 15) is 4.79 Å². The summed E-state index contributed by atoms with van der Waals surface area (Å²) >= 11 is 0. The van der Waals surface area contributed by atoms with Crippen molar-refractivity contribution in [2.75, 3.05) is 6.61 Å². The Morgan fingerprint density at radius 3 is 1.80 bits per heavy atom. The lowest BCUT2D eigenvalue weighted by Gasteiger charge is -2.15. The molecule has 0 N–H and O–H groups in total. The Bertz CT molecular complexity index is 642. The van der Waals surface area contributed by atoms with Gasteiger partial charge in [-0.15, -0.1) is 0 Å². The number of hydrogen-bond acceptors (Lipinski definition) is 2. The summed E-state index contributed by atoms with van der Waals surface area (Å²) < 4.78 is 5.45. The van der Waals surface area contributed by atoms with Gasteiger partial charge in [0.1, 0.15) is 6.61 Å². The van der Waals surface area contributed by atoms with Gasteiger partial charge < -0.3 is 4.74 Å². The molecule has 0 amide bonds. The number of carbonyl (C=O) groups excluding carboxylic acids is 1. The number of allylic oxidation sites excluding steroid dienone is 5. The van der Waals surface area contributed by atoms with Crippen LogP contribution < -0.4 is 0 Å². The third-order valence-electron chi connectivity index (χ3n) is 8.15. The number of rotatable bonds is 28. The van der Waals surface area contributed by atoms with Gasteiger partial charge in [-0.25, -0.2) is 0 Å².